The predicted octanol–water partition coefficient (Wildman–Crippen LogP) is 2.90. The Labute approximate surface area is 128 Å². The van der Waals surface area contributed by atoms with Crippen molar-refractivity contribution < 1.29 is 19.3 Å². The van der Waals surface area contributed by atoms with Crippen molar-refractivity contribution in [1.29, 1.82) is 0 Å². The number of hydrogen-bond donors (Lipinski definition) is 1. The molecule has 0 bridgehead atoms. The van der Waals surface area contributed by atoms with E-state index in [0.29, 0.717) is 18.3 Å². The molecule has 2 fully saturated rings. The normalized spacial score (nSPS) is 37.2. The second-order valence-electron chi connectivity index (χ2n) is 6.27. The van der Waals surface area contributed by atoms with Crippen molar-refractivity contribution in [1.82, 2.24) is 0 Å². The summed E-state index contributed by atoms with van der Waals surface area (Å²) >= 11 is 0. The summed E-state index contributed by atoms with van der Waals surface area (Å²) in [6.45, 7) is 2.21. The van der Waals surface area contributed by atoms with Crippen LogP contribution in [0.4, 0.5) is 0 Å². The molecule has 1 N–H and O–H groups in total. The van der Waals surface area contributed by atoms with Crippen molar-refractivity contribution >= 4 is 0 Å². The second-order valence-corrected chi connectivity index (χ2v) is 6.27. The molecule has 6 atom stereocenters. The molecule has 1 heterocycles. The zero-order valence-corrected chi connectivity index (χ0v) is 13.5. The summed E-state index contributed by atoms with van der Waals surface area (Å²) in [5, 5.41) is 9.67. The molecule has 4 unspecified atom stereocenters. The van der Waals surface area contributed by atoms with Gasteiger partial charge in [-0.25, -0.2) is 0 Å². The molecule has 1 saturated carbocycles. The third-order valence-corrected chi connectivity index (χ3v) is 4.92. The van der Waals surface area contributed by atoms with Crippen LogP contribution in [0.1, 0.15) is 45.4 Å². The number of aliphatic hydroxyl groups excluding tert-OH is 1. The third-order valence-electron chi connectivity index (χ3n) is 4.92. The maximum Gasteiger partial charge on any atom is 0.155 e. The maximum absolute atomic E-state index is 9.67. The topological polar surface area (TPSA) is 47.9 Å². The minimum Gasteiger partial charge on any atom is -0.381 e. The van der Waals surface area contributed by atoms with E-state index >= 15 is 0 Å². The van der Waals surface area contributed by atoms with Gasteiger partial charge in [0.25, 0.3) is 0 Å². The van der Waals surface area contributed by atoms with Crippen LogP contribution in [0.25, 0.3) is 0 Å². The molecular weight excluding hydrogens is 268 g/mol. The fourth-order valence-electron chi connectivity index (χ4n) is 3.70. The lowest BCUT2D eigenvalue weighted by Crippen LogP contribution is -2.21. The van der Waals surface area contributed by atoms with Crippen molar-refractivity contribution in [3.05, 3.63) is 12.2 Å². The molecule has 0 radical (unpaired) electrons. The minimum absolute atomic E-state index is 0.140. The minimum atomic E-state index is -0.600. The average Bonchev–Trinajstić information content (AvgIpc) is 2.98. The van der Waals surface area contributed by atoms with E-state index in [0.717, 1.165) is 12.8 Å². The predicted molar refractivity (Wildman–Crippen MR) is 82.0 cm³/mol. The fraction of sp³-hybridized carbons (Fsp3) is 0.882. The highest BCUT2D eigenvalue weighted by Gasteiger charge is 2.48. The van der Waals surface area contributed by atoms with Gasteiger partial charge in [-0.3, -0.25) is 0 Å². The average molecular weight is 298 g/mol. The molecule has 0 amide bonds. The molecule has 0 aromatic carbocycles. The largest absolute Gasteiger partial charge is 0.381 e. The van der Waals surface area contributed by atoms with E-state index in [9.17, 15) is 5.11 Å². The van der Waals surface area contributed by atoms with Gasteiger partial charge in [-0.2, -0.15) is 0 Å². The SMILES string of the molecule is CCCCCC(C=C[C@@H]1C2CC(O)OC2C[C@H]1OC)OC. The van der Waals surface area contributed by atoms with Crippen LogP contribution in [0.5, 0.6) is 0 Å². The Morgan fingerprint density at radius 2 is 2.10 bits per heavy atom. The molecule has 1 aliphatic carbocycles. The first-order chi connectivity index (χ1) is 10.2. The first-order valence-corrected chi connectivity index (χ1v) is 8.27. The first-order valence-electron chi connectivity index (χ1n) is 8.27. The maximum atomic E-state index is 9.67. The summed E-state index contributed by atoms with van der Waals surface area (Å²) in [4.78, 5) is 0. The van der Waals surface area contributed by atoms with Gasteiger partial charge in [-0.1, -0.05) is 38.3 Å². The summed E-state index contributed by atoms with van der Waals surface area (Å²) < 4.78 is 16.7. The van der Waals surface area contributed by atoms with Gasteiger partial charge < -0.3 is 19.3 Å². The van der Waals surface area contributed by atoms with Gasteiger partial charge in [0, 0.05) is 33.0 Å². The van der Waals surface area contributed by atoms with Crippen LogP contribution in [-0.2, 0) is 14.2 Å². The Hall–Kier alpha value is -0.420. The summed E-state index contributed by atoms with van der Waals surface area (Å²) in [5.41, 5.74) is 0. The lowest BCUT2D eigenvalue weighted by molar-refractivity contribution is -0.0964. The molecule has 1 saturated heterocycles. The molecule has 21 heavy (non-hydrogen) atoms. The van der Waals surface area contributed by atoms with Crippen LogP contribution >= 0.6 is 0 Å². The van der Waals surface area contributed by atoms with Gasteiger partial charge >= 0.3 is 0 Å². The Kier molecular flexibility index (Phi) is 6.68. The molecule has 122 valence electrons. The third kappa shape index (κ3) is 4.28. The summed E-state index contributed by atoms with van der Waals surface area (Å²) in [6.07, 6.45) is 10.7. The number of hydrogen-bond acceptors (Lipinski definition) is 4. The second kappa shape index (κ2) is 8.28. The Balaban J connectivity index is 1.93. The van der Waals surface area contributed by atoms with E-state index in [1.165, 1.54) is 19.3 Å². The number of fused-ring (bicyclic) bond motifs is 1. The van der Waals surface area contributed by atoms with E-state index < -0.39 is 6.29 Å². The highest BCUT2D eigenvalue weighted by Crippen LogP contribution is 2.44. The standard InChI is InChI=1S/C17H30O4/c1-4-5-6-7-12(19-2)8-9-13-14-10-17(18)21-16(14)11-15(13)20-3/h8-9,12-18H,4-7,10-11H2,1-3H3/t12?,13-,14?,15-,16?,17?/m1/s1. The highest BCUT2D eigenvalue weighted by atomic mass is 16.6. The lowest BCUT2D eigenvalue weighted by Gasteiger charge is -2.20. The highest BCUT2D eigenvalue weighted by molar-refractivity contribution is 5.07. The van der Waals surface area contributed by atoms with Gasteiger partial charge in [0.15, 0.2) is 6.29 Å². The van der Waals surface area contributed by atoms with Crippen LogP contribution in [0.3, 0.4) is 0 Å². The van der Waals surface area contributed by atoms with Gasteiger partial charge in [0.05, 0.1) is 18.3 Å². The smallest absolute Gasteiger partial charge is 0.155 e. The van der Waals surface area contributed by atoms with Crippen LogP contribution in [0.15, 0.2) is 12.2 Å². The van der Waals surface area contributed by atoms with Crippen molar-refractivity contribution in [3.63, 3.8) is 0 Å². The van der Waals surface area contributed by atoms with Gasteiger partial charge in [-0.05, 0) is 12.3 Å². The van der Waals surface area contributed by atoms with Crippen molar-refractivity contribution in [2.75, 3.05) is 14.2 Å². The summed E-state index contributed by atoms with van der Waals surface area (Å²) in [7, 11) is 3.53. The van der Waals surface area contributed by atoms with Crippen LogP contribution < -0.4 is 0 Å². The Morgan fingerprint density at radius 1 is 1.29 bits per heavy atom. The van der Waals surface area contributed by atoms with Crippen molar-refractivity contribution in [2.24, 2.45) is 11.8 Å². The van der Waals surface area contributed by atoms with Gasteiger partial charge in [0.2, 0.25) is 0 Å². The Morgan fingerprint density at radius 3 is 2.76 bits per heavy atom. The van der Waals surface area contributed by atoms with Crippen molar-refractivity contribution in [3.8, 4) is 0 Å². The van der Waals surface area contributed by atoms with E-state index in [1.54, 1.807) is 14.2 Å². The number of unbranched alkanes of at least 4 members (excludes halogenated alkanes) is 2. The molecule has 2 rings (SSSR count). The number of rotatable bonds is 8. The number of ether oxygens (including phenoxy) is 3. The molecule has 1 aliphatic heterocycles. The molecular formula is C17H30O4. The molecule has 0 aromatic heterocycles. The zero-order chi connectivity index (χ0) is 15.2. The number of methoxy groups -OCH3 is 2. The van der Waals surface area contributed by atoms with Gasteiger partial charge in [0.1, 0.15) is 0 Å². The van der Waals surface area contributed by atoms with Crippen LogP contribution in [0.2, 0.25) is 0 Å². The van der Waals surface area contributed by atoms with E-state index in [4.69, 9.17) is 14.2 Å². The lowest BCUT2D eigenvalue weighted by atomic mass is 9.91. The molecule has 4 nitrogen and oxygen atoms in total. The quantitative estimate of drug-likeness (QED) is 0.553. The van der Waals surface area contributed by atoms with Crippen molar-refractivity contribution in [2.45, 2.75) is 70.1 Å². The van der Waals surface area contributed by atoms with Crippen LogP contribution in [0, 0.1) is 11.8 Å². The molecule has 4 heteroatoms. The zero-order valence-electron chi connectivity index (χ0n) is 13.5. The molecule has 0 aromatic rings. The van der Waals surface area contributed by atoms with E-state index in [1.807, 2.05) is 0 Å². The van der Waals surface area contributed by atoms with Gasteiger partial charge in [-0.15, -0.1) is 0 Å². The summed E-state index contributed by atoms with van der Waals surface area (Å²) in [6, 6.07) is 0. The monoisotopic (exact) mass is 298 g/mol. The molecule has 0 spiro atoms. The number of aliphatic hydroxyl groups is 1. The van der Waals surface area contributed by atoms with E-state index in [-0.39, 0.29) is 18.3 Å². The Bertz CT molecular complexity index is 331. The first kappa shape index (κ1) is 16.9. The fourth-order valence-corrected chi connectivity index (χ4v) is 3.70. The van der Waals surface area contributed by atoms with E-state index in [2.05, 4.69) is 19.1 Å². The molecule has 2 aliphatic rings. The summed E-state index contributed by atoms with van der Waals surface area (Å²) in [5.74, 6) is 0.690. The van der Waals surface area contributed by atoms with Crippen LogP contribution in [-0.4, -0.2) is 43.9 Å².